The standard InChI is InChI=1S/C15H16ClNO2S/c1-4-19-15(18)10-5-6-11(17-14(10)9(2)3)12-7-8-13(16)20-12/h5-9H,4H2,1-3H3. The van der Waals surface area contributed by atoms with Crippen LogP contribution < -0.4 is 0 Å². The van der Waals surface area contributed by atoms with Gasteiger partial charge in [0.1, 0.15) is 0 Å². The van der Waals surface area contributed by atoms with Crippen LogP contribution in [-0.4, -0.2) is 17.6 Å². The third-order valence-corrected chi connectivity index (χ3v) is 4.05. The third-order valence-electron chi connectivity index (χ3n) is 2.79. The predicted molar refractivity (Wildman–Crippen MR) is 82.6 cm³/mol. The molecule has 5 heteroatoms. The van der Waals surface area contributed by atoms with Crippen molar-refractivity contribution in [2.45, 2.75) is 26.7 Å². The average molecular weight is 310 g/mol. The molecule has 0 aromatic carbocycles. The molecule has 20 heavy (non-hydrogen) atoms. The second kappa shape index (κ2) is 6.37. The molecule has 0 unspecified atom stereocenters. The number of carbonyl (C=O) groups is 1. The first-order valence-corrected chi connectivity index (χ1v) is 7.66. The molecule has 0 spiro atoms. The van der Waals surface area contributed by atoms with E-state index in [-0.39, 0.29) is 11.9 Å². The number of thiophene rings is 1. The van der Waals surface area contributed by atoms with Crippen molar-refractivity contribution in [2.24, 2.45) is 0 Å². The highest BCUT2D eigenvalue weighted by Crippen LogP contribution is 2.31. The Kier molecular flexibility index (Phi) is 4.78. The Labute approximate surface area is 127 Å². The summed E-state index contributed by atoms with van der Waals surface area (Å²) < 4.78 is 5.80. The number of ether oxygens (including phenoxy) is 1. The summed E-state index contributed by atoms with van der Waals surface area (Å²) >= 11 is 7.42. The molecule has 2 rings (SSSR count). The Morgan fingerprint density at radius 1 is 1.35 bits per heavy atom. The van der Waals surface area contributed by atoms with Crippen molar-refractivity contribution < 1.29 is 9.53 Å². The van der Waals surface area contributed by atoms with Crippen LogP contribution in [0.15, 0.2) is 24.3 Å². The number of pyridine rings is 1. The van der Waals surface area contributed by atoms with E-state index in [0.29, 0.717) is 12.2 Å². The highest BCUT2D eigenvalue weighted by Gasteiger charge is 2.18. The maximum atomic E-state index is 11.9. The summed E-state index contributed by atoms with van der Waals surface area (Å²) in [6.07, 6.45) is 0. The number of hydrogen-bond acceptors (Lipinski definition) is 4. The second-order valence-electron chi connectivity index (χ2n) is 4.61. The van der Waals surface area contributed by atoms with E-state index in [4.69, 9.17) is 16.3 Å². The van der Waals surface area contributed by atoms with Gasteiger partial charge in [-0.2, -0.15) is 0 Å². The van der Waals surface area contributed by atoms with Crippen LogP contribution in [0.25, 0.3) is 10.6 Å². The molecule has 2 heterocycles. The lowest BCUT2D eigenvalue weighted by Gasteiger charge is -2.12. The van der Waals surface area contributed by atoms with Crippen molar-refractivity contribution in [3.8, 4) is 10.6 Å². The summed E-state index contributed by atoms with van der Waals surface area (Å²) in [6, 6.07) is 7.39. The fourth-order valence-corrected chi connectivity index (χ4v) is 2.90. The molecule has 0 aliphatic carbocycles. The number of halogens is 1. The zero-order valence-electron chi connectivity index (χ0n) is 11.6. The largest absolute Gasteiger partial charge is 0.462 e. The van der Waals surface area contributed by atoms with E-state index in [1.54, 1.807) is 13.0 Å². The molecule has 0 saturated carbocycles. The zero-order valence-corrected chi connectivity index (χ0v) is 13.2. The highest BCUT2D eigenvalue weighted by atomic mass is 35.5. The number of esters is 1. The van der Waals surface area contributed by atoms with Crippen molar-refractivity contribution in [1.82, 2.24) is 4.98 Å². The van der Waals surface area contributed by atoms with Crippen LogP contribution in [0.4, 0.5) is 0 Å². The summed E-state index contributed by atoms with van der Waals surface area (Å²) in [5.74, 6) is -0.177. The molecule has 3 nitrogen and oxygen atoms in total. The minimum atomic E-state index is -0.320. The minimum absolute atomic E-state index is 0.143. The third kappa shape index (κ3) is 3.19. The molecule has 0 bridgehead atoms. The molecule has 0 N–H and O–H groups in total. The maximum absolute atomic E-state index is 11.9. The predicted octanol–water partition coefficient (Wildman–Crippen LogP) is 4.76. The van der Waals surface area contributed by atoms with Crippen LogP contribution in [0, 0.1) is 0 Å². The van der Waals surface area contributed by atoms with Gasteiger partial charge in [0, 0.05) is 0 Å². The minimum Gasteiger partial charge on any atom is -0.462 e. The van der Waals surface area contributed by atoms with Gasteiger partial charge in [0.2, 0.25) is 0 Å². The molecule has 0 fully saturated rings. The first kappa shape index (κ1) is 15.0. The monoisotopic (exact) mass is 309 g/mol. The Bertz CT molecular complexity index is 622. The van der Waals surface area contributed by atoms with Gasteiger partial charge in [-0.3, -0.25) is 4.98 Å². The van der Waals surface area contributed by atoms with Crippen LogP contribution in [0.2, 0.25) is 4.34 Å². The average Bonchev–Trinajstić information content (AvgIpc) is 2.85. The molecule has 0 aliphatic heterocycles. The molecule has 2 aromatic rings. The van der Waals surface area contributed by atoms with E-state index in [1.807, 2.05) is 32.0 Å². The van der Waals surface area contributed by atoms with Gasteiger partial charge in [0.25, 0.3) is 0 Å². The fraction of sp³-hybridized carbons (Fsp3) is 0.333. The van der Waals surface area contributed by atoms with E-state index in [2.05, 4.69) is 4.98 Å². The van der Waals surface area contributed by atoms with Gasteiger partial charge in [-0.05, 0) is 37.1 Å². The van der Waals surface area contributed by atoms with Crippen LogP contribution in [0.5, 0.6) is 0 Å². The molecule has 0 saturated heterocycles. The number of aromatic nitrogens is 1. The smallest absolute Gasteiger partial charge is 0.339 e. The summed E-state index contributed by atoms with van der Waals surface area (Å²) in [5, 5.41) is 0. The Morgan fingerprint density at radius 2 is 2.10 bits per heavy atom. The lowest BCUT2D eigenvalue weighted by Crippen LogP contribution is -2.11. The SMILES string of the molecule is CCOC(=O)c1ccc(-c2ccc(Cl)s2)nc1C(C)C. The summed E-state index contributed by atoms with van der Waals surface area (Å²) in [6.45, 7) is 6.17. The molecule has 0 amide bonds. The molecule has 0 atom stereocenters. The molecule has 106 valence electrons. The Hall–Kier alpha value is -1.39. The van der Waals surface area contributed by atoms with E-state index in [0.717, 1.165) is 20.6 Å². The lowest BCUT2D eigenvalue weighted by molar-refractivity contribution is 0.0524. The molecular formula is C15H16ClNO2S. The summed E-state index contributed by atoms with van der Waals surface area (Å²) in [7, 11) is 0. The van der Waals surface area contributed by atoms with E-state index >= 15 is 0 Å². The molecular weight excluding hydrogens is 294 g/mol. The topological polar surface area (TPSA) is 39.2 Å². The van der Waals surface area contributed by atoms with Crippen molar-refractivity contribution >= 4 is 28.9 Å². The van der Waals surface area contributed by atoms with Gasteiger partial charge in [0.15, 0.2) is 0 Å². The van der Waals surface area contributed by atoms with Gasteiger partial charge in [-0.1, -0.05) is 25.4 Å². The molecule has 0 aliphatic rings. The van der Waals surface area contributed by atoms with Crippen LogP contribution >= 0.6 is 22.9 Å². The van der Waals surface area contributed by atoms with Crippen LogP contribution in [-0.2, 0) is 4.74 Å². The van der Waals surface area contributed by atoms with Crippen molar-refractivity contribution in [3.05, 3.63) is 39.9 Å². The van der Waals surface area contributed by atoms with Gasteiger partial charge in [-0.15, -0.1) is 11.3 Å². The summed E-state index contributed by atoms with van der Waals surface area (Å²) in [5.41, 5.74) is 2.12. The quantitative estimate of drug-likeness (QED) is 0.764. The fourth-order valence-electron chi connectivity index (χ4n) is 1.89. The first-order chi connectivity index (χ1) is 9.52. The number of rotatable bonds is 4. The molecule has 0 radical (unpaired) electrons. The van der Waals surface area contributed by atoms with Gasteiger partial charge < -0.3 is 4.74 Å². The first-order valence-electron chi connectivity index (χ1n) is 6.46. The highest BCUT2D eigenvalue weighted by molar-refractivity contribution is 7.19. The van der Waals surface area contributed by atoms with Crippen molar-refractivity contribution in [3.63, 3.8) is 0 Å². The second-order valence-corrected chi connectivity index (χ2v) is 6.32. The number of hydrogen-bond donors (Lipinski definition) is 0. The zero-order chi connectivity index (χ0) is 14.7. The van der Waals surface area contributed by atoms with E-state index < -0.39 is 0 Å². The number of carbonyl (C=O) groups excluding carboxylic acids is 1. The van der Waals surface area contributed by atoms with E-state index in [9.17, 15) is 4.79 Å². The van der Waals surface area contributed by atoms with Gasteiger partial charge in [-0.25, -0.2) is 4.79 Å². The van der Waals surface area contributed by atoms with Crippen molar-refractivity contribution in [1.29, 1.82) is 0 Å². The summed E-state index contributed by atoms with van der Waals surface area (Å²) in [4.78, 5) is 17.5. The number of nitrogens with zero attached hydrogens (tertiary/aromatic N) is 1. The van der Waals surface area contributed by atoms with Crippen LogP contribution in [0.3, 0.4) is 0 Å². The molecule has 2 aromatic heterocycles. The van der Waals surface area contributed by atoms with Crippen molar-refractivity contribution in [2.75, 3.05) is 6.61 Å². The Morgan fingerprint density at radius 3 is 2.65 bits per heavy atom. The van der Waals surface area contributed by atoms with Gasteiger partial charge >= 0.3 is 5.97 Å². The van der Waals surface area contributed by atoms with E-state index in [1.165, 1.54) is 11.3 Å². The Balaban J connectivity index is 2.45. The maximum Gasteiger partial charge on any atom is 0.339 e. The normalized spacial score (nSPS) is 10.8. The van der Waals surface area contributed by atoms with Crippen LogP contribution in [0.1, 0.15) is 42.7 Å². The van der Waals surface area contributed by atoms with Gasteiger partial charge in [0.05, 0.1) is 32.8 Å². The lowest BCUT2D eigenvalue weighted by atomic mass is 10.0.